The van der Waals surface area contributed by atoms with Crippen LogP contribution in [-0.4, -0.2) is 98.4 Å². The van der Waals surface area contributed by atoms with Gasteiger partial charge in [-0.2, -0.15) is 4.98 Å². The topological polar surface area (TPSA) is 280 Å². The van der Waals surface area contributed by atoms with Gasteiger partial charge in [0.2, 0.25) is 5.95 Å². The molecule has 242 valence electrons. The molecule has 7 rings (SSSR count). The summed E-state index contributed by atoms with van der Waals surface area (Å²) in [6.45, 7) is -0.904. The van der Waals surface area contributed by atoms with Crippen LogP contribution in [0.15, 0.2) is 23.8 Å². The van der Waals surface area contributed by atoms with Gasteiger partial charge < -0.3 is 30.7 Å². The van der Waals surface area contributed by atoms with Crippen molar-refractivity contribution in [2.24, 2.45) is 0 Å². The number of ether oxygens (including phenoxy) is 2. The van der Waals surface area contributed by atoms with Crippen LogP contribution in [0, 0.1) is 0 Å². The Hall–Kier alpha value is -3.46. The number of nitrogens with two attached hydrogens (primary N) is 2. The first-order valence-electron chi connectivity index (χ1n) is 13.2. The maximum atomic E-state index is 15.9. The van der Waals surface area contributed by atoms with E-state index in [1.807, 2.05) is 0 Å². The van der Waals surface area contributed by atoms with Crippen molar-refractivity contribution in [3.8, 4) is 0 Å². The van der Waals surface area contributed by atoms with E-state index in [-0.39, 0.29) is 34.1 Å². The second kappa shape index (κ2) is 10.8. The van der Waals surface area contributed by atoms with Crippen molar-refractivity contribution in [1.82, 2.24) is 39.0 Å². The van der Waals surface area contributed by atoms with Gasteiger partial charge in [-0.05, 0) is 6.42 Å². The van der Waals surface area contributed by atoms with Crippen LogP contribution in [0.4, 0.5) is 20.5 Å². The van der Waals surface area contributed by atoms with E-state index in [0.717, 1.165) is 17.2 Å². The van der Waals surface area contributed by atoms with E-state index in [9.17, 15) is 23.7 Å². The average Bonchev–Trinajstić information content (AvgIpc) is 3.72. The predicted octanol–water partition coefficient (Wildman–Crippen LogP) is 0.0714. The Labute approximate surface area is 248 Å². The van der Waals surface area contributed by atoms with Crippen LogP contribution in [0.3, 0.4) is 0 Å². The zero-order valence-electron chi connectivity index (χ0n) is 22.6. The van der Waals surface area contributed by atoms with Crippen LogP contribution in [0.25, 0.3) is 22.3 Å². The quantitative estimate of drug-likeness (QED) is 0.176. The van der Waals surface area contributed by atoms with Crippen LogP contribution in [-0.2, 0) is 32.2 Å². The molecule has 0 saturated carbocycles. The number of fused-ring (bicyclic) bond motifs is 4. The summed E-state index contributed by atoms with van der Waals surface area (Å²) in [7, 11) is -9.79. The number of nitrogen functional groups attached to an aromatic ring is 2. The number of aromatic nitrogens is 8. The van der Waals surface area contributed by atoms with Gasteiger partial charge in [0.1, 0.15) is 30.2 Å². The number of rotatable bonds is 2. The normalized spacial score (nSPS) is 37.7. The molecule has 10 atom stereocenters. The van der Waals surface area contributed by atoms with E-state index in [1.165, 1.54) is 10.9 Å². The predicted molar refractivity (Wildman–Crippen MR) is 145 cm³/mol. The van der Waals surface area contributed by atoms with Gasteiger partial charge in [0.25, 0.3) is 5.56 Å². The third kappa shape index (κ3) is 5.30. The monoisotopic (exact) mass is 676 g/mol. The molecule has 7 N–H and O–H groups in total. The molecule has 0 bridgehead atoms. The number of hydrogen-bond acceptors (Lipinski definition) is 15. The number of halogens is 2. The van der Waals surface area contributed by atoms with Gasteiger partial charge in [-0.15, -0.1) is 0 Å². The third-order valence-electron chi connectivity index (χ3n) is 7.56. The number of anilines is 2. The van der Waals surface area contributed by atoms with Crippen molar-refractivity contribution in [3.05, 3.63) is 29.3 Å². The van der Waals surface area contributed by atoms with Gasteiger partial charge in [0, 0.05) is 0 Å². The first-order valence-corrected chi connectivity index (χ1v) is 16.5. The van der Waals surface area contributed by atoms with Crippen molar-refractivity contribution >= 4 is 49.5 Å². The van der Waals surface area contributed by atoms with E-state index in [2.05, 4.69) is 29.9 Å². The fourth-order valence-corrected chi connectivity index (χ4v) is 7.80. The van der Waals surface area contributed by atoms with Crippen molar-refractivity contribution in [1.29, 1.82) is 0 Å². The highest BCUT2D eigenvalue weighted by molar-refractivity contribution is 7.52. The number of hydrogen-bond donors (Lipinski definition) is 5. The molecule has 3 saturated heterocycles. The van der Waals surface area contributed by atoms with Gasteiger partial charge in [-0.1, -0.05) is 0 Å². The maximum absolute atomic E-state index is 15.9. The largest absolute Gasteiger partial charge is 0.472 e. The minimum atomic E-state index is -5.11. The summed E-state index contributed by atoms with van der Waals surface area (Å²) < 4.78 is 87.3. The molecule has 4 aromatic heterocycles. The van der Waals surface area contributed by atoms with Gasteiger partial charge in [0.05, 0.1) is 31.5 Å². The number of phosphoric acid groups is 1. The Kier molecular flexibility index (Phi) is 7.26. The molecule has 7 heterocycles. The van der Waals surface area contributed by atoms with E-state index in [4.69, 9.17) is 34.5 Å². The van der Waals surface area contributed by atoms with E-state index in [1.54, 1.807) is 0 Å². The van der Waals surface area contributed by atoms with Crippen molar-refractivity contribution < 1.29 is 50.7 Å². The number of nitrogens with zero attached hydrogens (tertiary/aromatic N) is 7. The van der Waals surface area contributed by atoms with Gasteiger partial charge >= 0.3 is 15.4 Å². The summed E-state index contributed by atoms with van der Waals surface area (Å²) in [5.41, 5.74) is 10.6. The molecular formula is C21H24F2N10O10P2. The summed E-state index contributed by atoms with van der Waals surface area (Å²) in [4.78, 5) is 55.5. The van der Waals surface area contributed by atoms with E-state index in [0.29, 0.717) is 0 Å². The van der Waals surface area contributed by atoms with Crippen molar-refractivity contribution in [2.45, 2.75) is 55.6 Å². The van der Waals surface area contributed by atoms with Gasteiger partial charge in [-0.3, -0.25) is 37.0 Å². The molecular weight excluding hydrogens is 652 g/mol. The Morgan fingerprint density at radius 2 is 1.56 bits per heavy atom. The van der Waals surface area contributed by atoms with Crippen LogP contribution in [0.1, 0.15) is 18.9 Å². The van der Waals surface area contributed by atoms with Crippen LogP contribution < -0.4 is 17.0 Å². The standard InChI is InChI=1S/C21H24F2N10O10P2/c22-9-13-7(40-19(9)32-5-28-11-15(24)26-4-27-16(11)32)1-2-44(35,36)42-14-8(3-39-45(37,38)43-13)41-20(10(14)23)33-6-29-12-17(33)30-21(25)31-18(12)34/h4-10,13-14,19-20H,1-3H2,(H,35,36)(H,37,38)(H2,24,26,27)(H3,25,30,31,34)/t7-,8-,9?,10?,13+,14+,19-,20-/m1/s1. The summed E-state index contributed by atoms with van der Waals surface area (Å²) in [5.74, 6) is -0.287. The molecule has 0 aromatic carbocycles. The average molecular weight is 676 g/mol. The number of nitrogens with one attached hydrogen (secondary N) is 1. The van der Waals surface area contributed by atoms with Crippen LogP contribution >= 0.6 is 15.4 Å². The van der Waals surface area contributed by atoms with Crippen molar-refractivity contribution in [2.75, 3.05) is 24.2 Å². The minimum absolute atomic E-state index is 0.0120. The molecule has 3 fully saturated rings. The Balaban J connectivity index is 1.17. The minimum Gasteiger partial charge on any atom is -0.382 e. The maximum Gasteiger partial charge on any atom is 0.472 e. The fraction of sp³-hybridized carbons (Fsp3) is 0.524. The second-order valence-corrected chi connectivity index (χ2v) is 13.8. The van der Waals surface area contributed by atoms with Crippen molar-refractivity contribution in [3.63, 3.8) is 0 Å². The molecule has 24 heteroatoms. The van der Waals surface area contributed by atoms with E-state index < -0.39 is 89.4 Å². The number of phosphoric ester groups is 1. The molecule has 4 aromatic rings. The number of imidazole rings is 2. The molecule has 3 aliphatic heterocycles. The molecule has 45 heavy (non-hydrogen) atoms. The molecule has 0 aliphatic carbocycles. The summed E-state index contributed by atoms with van der Waals surface area (Å²) in [6.07, 6.45) is -11.9. The molecule has 3 aliphatic rings. The number of H-pyrrole nitrogens is 1. The van der Waals surface area contributed by atoms with Crippen LogP contribution in [0.2, 0.25) is 0 Å². The SMILES string of the molecule is Nc1nc2c(ncn2[C@@H]2O[C@@H]3COP(=O)(O)O[C@@H]4C(F)[C@H](n5cnc6c(N)ncnc65)O[C@@H]4CCP(=O)(O)O[C@@H]3C2F)c(=O)[nH]1. The second-order valence-electron chi connectivity index (χ2n) is 10.4. The van der Waals surface area contributed by atoms with Gasteiger partial charge in [-0.25, -0.2) is 33.3 Å². The third-order valence-corrected chi connectivity index (χ3v) is 9.94. The summed E-state index contributed by atoms with van der Waals surface area (Å²) in [6, 6.07) is 0. The highest BCUT2D eigenvalue weighted by Crippen LogP contribution is 2.54. The first-order chi connectivity index (χ1) is 21.3. The molecule has 0 radical (unpaired) electrons. The Morgan fingerprint density at radius 3 is 2.29 bits per heavy atom. The number of aromatic amines is 1. The Bertz CT molecular complexity index is 1940. The molecule has 0 spiro atoms. The Morgan fingerprint density at radius 1 is 0.911 bits per heavy atom. The highest BCUT2D eigenvalue weighted by Gasteiger charge is 2.54. The number of alkyl halides is 2. The molecule has 0 amide bonds. The molecule has 4 unspecified atom stereocenters. The van der Waals surface area contributed by atoms with Gasteiger partial charge in [0.15, 0.2) is 47.4 Å². The highest BCUT2D eigenvalue weighted by atomic mass is 31.2. The summed E-state index contributed by atoms with van der Waals surface area (Å²) in [5, 5.41) is 0. The van der Waals surface area contributed by atoms with Crippen LogP contribution in [0.5, 0.6) is 0 Å². The zero-order chi connectivity index (χ0) is 31.8. The van der Waals surface area contributed by atoms with E-state index >= 15 is 8.78 Å². The smallest absolute Gasteiger partial charge is 0.382 e. The lowest BCUT2D eigenvalue weighted by Crippen LogP contribution is -2.36. The fourth-order valence-electron chi connectivity index (χ4n) is 5.52. The lowest BCUT2D eigenvalue weighted by molar-refractivity contribution is -0.0513. The zero-order valence-corrected chi connectivity index (χ0v) is 24.4. The summed E-state index contributed by atoms with van der Waals surface area (Å²) >= 11 is 0. The first kappa shape index (κ1) is 30.2. The molecule has 20 nitrogen and oxygen atoms in total. The lowest BCUT2D eigenvalue weighted by Gasteiger charge is -2.27. The lowest BCUT2D eigenvalue weighted by atomic mass is 10.1.